The van der Waals surface area contributed by atoms with Crippen LogP contribution in [0.2, 0.25) is 0 Å². The first-order chi connectivity index (χ1) is 17.6. The molecule has 0 aromatic heterocycles. The van der Waals surface area contributed by atoms with Crippen molar-refractivity contribution >= 4 is 23.5 Å². The molecule has 0 aliphatic carbocycles. The zero-order valence-electron chi connectivity index (χ0n) is 22.1. The van der Waals surface area contributed by atoms with E-state index in [0.29, 0.717) is 13.0 Å². The summed E-state index contributed by atoms with van der Waals surface area (Å²) < 4.78 is 12.3. The summed E-state index contributed by atoms with van der Waals surface area (Å²) in [7, 11) is 0. The summed E-state index contributed by atoms with van der Waals surface area (Å²) in [6, 6.07) is 4.27. The standard InChI is InChI=1S/C29H36N2O6/c1-17(2)21(16-32)31-24-26(34)30(20-15-18(3)9-10-19(20)4)13-8-12-29(24)22(25(31)33)23-27(35)36-14-7-6-11-28(23,5)37-29/h6,8-12,15,17,21-24,32H,7,13-14,16H2,1-5H3/t21-,22-,23-,24?,28+,29-/m0/s1. The van der Waals surface area contributed by atoms with Crippen molar-refractivity contribution in [1.82, 2.24) is 4.90 Å². The van der Waals surface area contributed by atoms with Crippen LogP contribution < -0.4 is 4.90 Å². The van der Waals surface area contributed by atoms with Gasteiger partial charge in [-0.1, -0.05) is 50.3 Å². The molecule has 4 aliphatic heterocycles. The third-order valence-electron chi connectivity index (χ3n) is 8.43. The lowest BCUT2D eigenvalue weighted by atomic mass is 9.74. The minimum Gasteiger partial charge on any atom is -0.465 e. The number of cyclic esters (lactones) is 1. The Bertz CT molecular complexity index is 1190. The maximum atomic E-state index is 14.6. The number of hydrogen-bond acceptors (Lipinski definition) is 6. The Morgan fingerprint density at radius 1 is 1.08 bits per heavy atom. The van der Waals surface area contributed by atoms with Gasteiger partial charge in [-0.05, 0) is 50.3 Å². The van der Waals surface area contributed by atoms with Gasteiger partial charge in [0.1, 0.15) is 17.6 Å². The van der Waals surface area contributed by atoms with E-state index in [1.807, 2.05) is 70.2 Å². The molecule has 1 aromatic carbocycles. The minimum absolute atomic E-state index is 0.130. The second-order valence-corrected chi connectivity index (χ2v) is 11.2. The second kappa shape index (κ2) is 9.10. The van der Waals surface area contributed by atoms with Crippen LogP contribution in [-0.2, 0) is 23.9 Å². The molecule has 2 amide bonds. The van der Waals surface area contributed by atoms with Gasteiger partial charge in [0.15, 0.2) is 0 Å². The number of anilines is 1. The summed E-state index contributed by atoms with van der Waals surface area (Å²) in [6.45, 7) is 9.75. The summed E-state index contributed by atoms with van der Waals surface area (Å²) in [5.41, 5.74) is 0.219. The lowest BCUT2D eigenvalue weighted by molar-refractivity contribution is -0.160. The number of rotatable bonds is 4. The van der Waals surface area contributed by atoms with Crippen molar-refractivity contribution in [3.63, 3.8) is 0 Å². The zero-order chi connectivity index (χ0) is 26.7. The van der Waals surface area contributed by atoms with Gasteiger partial charge in [-0.15, -0.1) is 0 Å². The predicted molar refractivity (Wildman–Crippen MR) is 138 cm³/mol. The monoisotopic (exact) mass is 508 g/mol. The molecule has 37 heavy (non-hydrogen) atoms. The number of ether oxygens (including phenoxy) is 2. The largest absolute Gasteiger partial charge is 0.465 e. The maximum absolute atomic E-state index is 14.6. The first-order valence-corrected chi connectivity index (χ1v) is 13.1. The van der Waals surface area contributed by atoms with E-state index in [1.165, 1.54) is 4.90 Å². The van der Waals surface area contributed by atoms with E-state index in [2.05, 4.69) is 0 Å². The number of likely N-dealkylation sites (tertiary alicyclic amines) is 1. The minimum atomic E-state index is -1.38. The fourth-order valence-electron chi connectivity index (χ4n) is 6.63. The fourth-order valence-corrected chi connectivity index (χ4v) is 6.63. The number of aliphatic hydroxyl groups excluding tert-OH is 1. The van der Waals surface area contributed by atoms with Crippen LogP contribution in [0.25, 0.3) is 0 Å². The quantitative estimate of drug-likeness (QED) is 0.496. The SMILES string of the molecule is Cc1ccc(C)c(N2CC=C[C@]34O[C@]5(C)C=CCCOC(=O)[C@@H]5[C@H]3C(=O)N([C@@H](CO)C(C)C)C4C2=O)c1. The molecule has 1 aromatic rings. The molecule has 0 saturated carbocycles. The Morgan fingerprint density at radius 2 is 1.84 bits per heavy atom. The van der Waals surface area contributed by atoms with Gasteiger partial charge in [-0.3, -0.25) is 14.4 Å². The van der Waals surface area contributed by atoms with Crippen molar-refractivity contribution in [2.24, 2.45) is 17.8 Å². The number of amides is 2. The molecule has 2 saturated heterocycles. The summed E-state index contributed by atoms with van der Waals surface area (Å²) in [4.78, 5) is 45.4. The van der Waals surface area contributed by atoms with Crippen LogP contribution in [0, 0.1) is 31.6 Å². The zero-order valence-corrected chi connectivity index (χ0v) is 22.1. The molecule has 198 valence electrons. The van der Waals surface area contributed by atoms with E-state index in [1.54, 1.807) is 11.8 Å². The molecule has 1 N–H and O–H groups in total. The number of carbonyl (C=O) groups excluding carboxylic acids is 3. The van der Waals surface area contributed by atoms with Crippen LogP contribution in [0.1, 0.15) is 38.3 Å². The third-order valence-corrected chi connectivity index (χ3v) is 8.43. The maximum Gasteiger partial charge on any atom is 0.313 e. The summed E-state index contributed by atoms with van der Waals surface area (Å²) in [5, 5.41) is 10.4. The van der Waals surface area contributed by atoms with Crippen molar-refractivity contribution in [1.29, 1.82) is 0 Å². The van der Waals surface area contributed by atoms with Gasteiger partial charge in [-0.2, -0.15) is 0 Å². The average Bonchev–Trinajstić information content (AvgIpc) is 3.15. The number of esters is 1. The van der Waals surface area contributed by atoms with Gasteiger partial charge in [0, 0.05) is 12.2 Å². The number of nitrogens with zero attached hydrogens (tertiary/aromatic N) is 2. The van der Waals surface area contributed by atoms with Crippen LogP contribution in [0.3, 0.4) is 0 Å². The van der Waals surface area contributed by atoms with Crippen LogP contribution in [0.15, 0.2) is 42.5 Å². The molecule has 5 rings (SSSR count). The van der Waals surface area contributed by atoms with Gasteiger partial charge < -0.3 is 24.4 Å². The van der Waals surface area contributed by atoms with Crippen molar-refractivity contribution < 1.29 is 29.0 Å². The normalized spacial score (nSPS) is 34.0. The lowest BCUT2D eigenvalue weighted by Crippen LogP contribution is -2.59. The Morgan fingerprint density at radius 3 is 2.54 bits per heavy atom. The van der Waals surface area contributed by atoms with Crippen LogP contribution in [0.5, 0.6) is 0 Å². The van der Waals surface area contributed by atoms with E-state index in [9.17, 15) is 19.5 Å². The molecule has 8 nitrogen and oxygen atoms in total. The van der Waals surface area contributed by atoms with E-state index >= 15 is 0 Å². The number of benzene rings is 1. The summed E-state index contributed by atoms with van der Waals surface area (Å²) in [6.07, 6.45) is 7.98. The Balaban J connectivity index is 1.71. The highest BCUT2D eigenvalue weighted by molar-refractivity contribution is 6.06. The van der Waals surface area contributed by atoms with E-state index in [0.717, 1.165) is 16.8 Å². The average molecular weight is 509 g/mol. The highest BCUT2D eigenvalue weighted by Gasteiger charge is 2.75. The van der Waals surface area contributed by atoms with Crippen LogP contribution in [0.4, 0.5) is 5.69 Å². The molecular weight excluding hydrogens is 472 g/mol. The number of aliphatic hydroxyl groups is 1. The molecule has 8 heteroatoms. The van der Waals surface area contributed by atoms with Gasteiger partial charge in [-0.25, -0.2) is 0 Å². The second-order valence-electron chi connectivity index (χ2n) is 11.2. The first-order valence-electron chi connectivity index (χ1n) is 13.1. The number of aryl methyl sites for hydroxylation is 2. The topological polar surface area (TPSA) is 96.4 Å². The van der Waals surface area contributed by atoms with Crippen molar-refractivity contribution in [3.8, 4) is 0 Å². The van der Waals surface area contributed by atoms with E-state index in [4.69, 9.17) is 9.47 Å². The Hall–Kier alpha value is -2.97. The highest BCUT2D eigenvalue weighted by atomic mass is 16.6. The number of carbonyl (C=O) groups is 3. The molecule has 6 atom stereocenters. The molecular formula is C29H36N2O6. The highest BCUT2D eigenvalue weighted by Crippen LogP contribution is 2.58. The Labute approximate surface area is 217 Å². The Kier molecular flexibility index (Phi) is 6.31. The fraction of sp³-hybridized carbons (Fsp3) is 0.552. The lowest BCUT2D eigenvalue weighted by Gasteiger charge is -2.41. The smallest absolute Gasteiger partial charge is 0.313 e. The molecule has 4 aliphatic rings. The van der Waals surface area contributed by atoms with Gasteiger partial charge in [0.05, 0.1) is 30.8 Å². The number of hydrogen-bond donors (Lipinski definition) is 1. The van der Waals surface area contributed by atoms with Gasteiger partial charge >= 0.3 is 5.97 Å². The summed E-state index contributed by atoms with van der Waals surface area (Å²) >= 11 is 0. The van der Waals surface area contributed by atoms with Crippen LogP contribution in [-0.4, -0.2) is 70.8 Å². The molecule has 1 unspecified atom stereocenters. The van der Waals surface area contributed by atoms with Crippen molar-refractivity contribution in [2.75, 3.05) is 24.7 Å². The van der Waals surface area contributed by atoms with Gasteiger partial charge in [0.25, 0.3) is 5.91 Å². The molecule has 4 heterocycles. The molecule has 1 spiro atoms. The third kappa shape index (κ3) is 3.76. The van der Waals surface area contributed by atoms with Crippen molar-refractivity contribution in [2.45, 2.75) is 64.3 Å². The molecule has 0 bridgehead atoms. The number of fused-ring (bicyclic) bond motifs is 2. The van der Waals surface area contributed by atoms with Crippen LogP contribution >= 0.6 is 0 Å². The van der Waals surface area contributed by atoms with E-state index < -0.39 is 41.1 Å². The first kappa shape index (κ1) is 25.7. The summed E-state index contributed by atoms with van der Waals surface area (Å²) in [5.74, 6) is -3.15. The van der Waals surface area contributed by atoms with Crippen molar-refractivity contribution in [3.05, 3.63) is 53.6 Å². The predicted octanol–water partition coefficient (Wildman–Crippen LogP) is 2.70. The molecule has 0 radical (unpaired) electrons. The van der Waals surface area contributed by atoms with Gasteiger partial charge in [0.2, 0.25) is 5.91 Å². The van der Waals surface area contributed by atoms with E-state index in [-0.39, 0.29) is 30.9 Å². The molecule has 2 fully saturated rings.